The van der Waals surface area contributed by atoms with Gasteiger partial charge in [-0.2, -0.15) is 0 Å². The Balaban J connectivity index is 2.31. The van der Waals surface area contributed by atoms with Gasteiger partial charge in [0.25, 0.3) is 0 Å². The van der Waals surface area contributed by atoms with Crippen molar-refractivity contribution in [2.75, 3.05) is 26.7 Å². The molecule has 0 aliphatic carbocycles. The van der Waals surface area contributed by atoms with Crippen molar-refractivity contribution in [3.8, 4) is 0 Å². The lowest BCUT2D eigenvalue weighted by Crippen LogP contribution is -2.55. The van der Waals surface area contributed by atoms with E-state index in [0.717, 1.165) is 19.4 Å². The van der Waals surface area contributed by atoms with Crippen LogP contribution in [0, 0.1) is 0 Å². The number of nitrogens with zero attached hydrogens (tertiary/aromatic N) is 2. The summed E-state index contributed by atoms with van der Waals surface area (Å²) in [6.45, 7) is 10.3. The zero-order valence-electron chi connectivity index (χ0n) is 10.7. The summed E-state index contributed by atoms with van der Waals surface area (Å²) >= 11 is 0. The second kappa shape index (κ2) is 5.83. The molecule has 0 aromatic carbocycles. The van der Waals surface area contributed by atoms with E-state index in [1.807, 2.05) is 0 Å². The molecule has 0 aromatic rings. The monoisotopic (exact) mass is 213 g/mol. The highest BCUT2D eigenvalue weighted by atomic mass is 15.3. The van der Waals surface area contributed by atoms with E-state index < -0.39 is 0 Å². The van der Waals surface area contributed by atoms with E-state index in [1.165, 1.54) is 13.1 Å². The molecule has 15 heavy (non-hydrogen) atoms. The second-order valence-corrected chi connectivity index (χ2v) is 5.08. The van der Waals surface area contributed by atoms with Gasteiger partial charge in [0.05, 0.1) is 0 Å². The third kappa shape index (κ3) is 3.74. The van der Waals surface area contributed by atoms with Gasteiger partial charge >= 0.3 is 0 Å². The molecule has 0 radical (unpaired) electrons. The molecule has 1 saturated heterocycles. The average Bonchev–Trinajstić information content (AvgIpc) is 2.22. The molecular weight excluding hydrogens is 186 g/mol. The van der Waals surface area contributed by atoms with Crippen molar-refractivity contribution in [2.45, 2.75) is 51.7 Å². The van der Waals surface area contributed by atoms with Crippen molar-refractivity contribution >= 4 is 0 Å². The van der Waals surface area contributed by atoms with Crippen LogP contribution in [-0.2, 0) is 0 Å². The van der Waals surface area contributed by atoms with Gasteiger partial charge in [0, 0.05) is 31.2 Å². The van der Waals surface area contributed by atoms with Crippen molar-refractivity contribution in [1.82, 2.24) is 9.80 Å². The van der Waals surface area contributed by atoms with Crippen molar-refractivity contribution in [3.63, 3.8) is 0 Å². The Bertz CT molecular complexity index is 172. The Morgan fingerprint density at radius 3 is 2.27 bits per heavy atom. The highest BCUT2D eigenvalue weighted by Gasteiger charge is 2.25. The predicted octanol–water partition coefficient (Wildman–Crippen LogP) is 1.14. The molecule has 0 bridgehead atoms. The molecule has 0 aromatic heterocycles. The first-order valence-electron chi connectivity index (χ1n) is 6.24. The van der Waals surface area contributed by atoms with E-state index in [-0.39, 0.29) is 0 Å². The minimum absolute atomic E-state index is 0.385. The molecule has 0 amide bonds. The van der Waals surface area contributed by atoms with Gasteiger partial charge in [0.15, 0.2) is 0 Å². The summed E-state index contributed by atoms with van der Waals surface area (Å²) in [6.07, 6.45) is 2.23. The lowest BCUT2D eigenvalue weighted by molar-refractivity contribution is 0.0584. The fraction of sp³-hybridized carbons (Fsp3) is 1.00. The van der Waals surface area contributed by atoms with E-state index in [1.54, 1.807) is 0 Å². The second-order valence-electron chi connectivity index (χ2n) is 5.08. The first-order valence-corrected chi connectivity index (χ1v) is 6.24. The third-order valence-electron chi connectivity index (χ3n) is 3.78. The Hall–Kier alpha value is -0.120. The lowest BCUT2D eigenvalue weighted by atomic mass is 10.1. The topological polar surface area (TPSA) is 32.5 Å². The molecule has 2 N–H and O–H groups in total. The predicted molar refractivity (Wildman–Crippen MR) is 66.0 cm³/mol. The van der Waals surface area contributed by atoms with Crippen LogP contribution < -0.4 is 5.73 Å². The standard InChI is InChI=1S/C12H27N3/c1-5-12(13)6-7-15-8-10(2)14(4)11(3)9-15/h10-12H,5-9,13H2,1-4H3. The van der Waals surface area contributed by atoms with Crippen molar-refractivity contribution in [3.05, 3.63) is 0 Å². The molecule has 3 nitrogen and oxygen atoms in total. The first kappa shape index (κ1) is 12.9. The molecule has 3 atom stereocenters. The van der Waals surface area contributed by atoms with Crippen LogP contribution in [0.15, 0.2) is 0 Å². The maximum Gasteiger partial charge on any atom is 0.0195 e. The summed E-state index contributed by atoms with van der Waals surface area (Å²) in [5.74, 6) is 0. The van der Waals surface area contributed by atoms with Gasteiger partial charge < -0.3 is 10.6 Å². The molecule has 0 saturated carbocycles. The largest absolute Gasteiger partial charge is 0.328 e. The minimum atomic E-state index is 0.385. The van der Waals surface area contributed by atoms with Crippen LogP contribution in [0.1, 0.15) is 33.6 Å². The SMILES string of the molecule is CCC(N)CCN1CC(C)N(C)C(C)C1. The fourth-order valence-electron chi connectivity index (χ4n) is 2.25. The summed E-state index contributed by atoms with van der Waals surface area (Å²) in [4.78, 5) is 5.03. The van der Waals surface area contributed by atoms with Crippen LogP contribution >= 0.6 is 0 Å². The quantitative estimate of drug-likeness (QED) is 0.760. The van der Waals surface area contributed by atoms with Gasteiger partial charge in [-0.1, -0.05) is 6.92 Å². The summed E-state index contributed by atoms with van der Waals surface area (Å²) in [5, 5.41) is 0. The Labute approximate surface area is 94.6 Å². The maximum atomic E-state index is 5.95. The van der Waals surface area contributed by atoms with Crippen LogP contribution in [0.4, 0.5) is 0 Å². The van der Waals surface area contributed by atoms with E-state index >= 15 is 0 Å². The van der Waals surface area contributed by atoms with Gasteiger partial charge in [-0.15, -0.1) is 0 Å². The number of nitrogens with two attached hydrogens (primary N) is 1. The summed E-state index contributed by atoms with van der Waals surface area (Å²) < 4.78 is 0. The van der Waals surface area contributed by atoms with Crippen LogP contribution in [0.3, 0.4) is 0 Å². The van der Waals surface area contributed by atoms with Gasteiger partial charge in [-0.25, -0.2) is 0 Å². The van der Waals surface area contributed by atoms with Crippen molar-refractivity contribution < 1.29 is 0 Å². The minimum Gasteiger partial charge on any atom is -0.328 e. The summed E-state index contributed by atoms with van der Waals surface area (Å²) in [5.41, 5.74) is 5.95. The molecule has 90 valence electrons. The van der Waals surface area contributed by atoms with Gasteiger partial charge in [0.2, 0.25) is 0 Å². The maximum absolute atomic E-state index is 5.95. The number of rotatable bonds is 4. The van der Waals surface area contributed by atoms with Crippen LogP contribution in [0.2, 0.25) is 0 Å². The van der Waals surface area contributed by atoms with Gasteiger partial charge in [-0.3, -0.25) is 4.90 Å². The normalized spacial score (nSPS) is 31.8. The third-order valence-corrected chi connectivity index (χ3v) is 3.78. The number of likely N-dealkylation sites (N-methyl/N-ethyl adjacent to an activating group) is 1. The lowest BCUT2D eigenvalue weighted by Gasteiger charge is -2.42. The van der Waals surface area contributed by atoms with E-state index in [2.05, 4.69) is 37.6 Å². The molecule has 1 rings (SSSR count). The number of hydrogen-bond donors (Lipinski definition) is 1. The average molecular weight is 213 g/mol. The Morgan fingerprint density at radius 2 is 1.80 bits per heavy atom. The number of hydrogen-bond acceptors (Lipinski definition) is 3. The van der Waals surface area contributed by atoms with Crippen molar-refractivity contribution in [2.24, 2.45) is 5.73 Å². The smallest absolute Gasteiger partial charge is 0.0195 e. The first-order chi connectivity index (χ1) is 7.04. The van der Waals surface area contributed by atoms with Crippen molar-refractivity contribution in [1.29, 1.82) is 0 Å². The molecule has 0 spiro atoms. The van der Waals surface area contributed by atoms with E-state index in [9.17, 15) is 0 Å². The molecule has 1 aliphatic heterocycles. The zero-order chi connectivity index (χ0) is 11.4. The molecule has 1 aliphatic rings. The van der Waals surface area contributed by atoms with Crippen LogP contribution in [-0.4, -0.2) is 54.6 Å². The van der Waals surface area contributed by atoms with Gasteiger partial charge in [0.1, 0.15) is 0 Å². The molecular formula is C12H27N3. The molecule has 1 fully saturated rings. The van der Waals surface area contributed by atoms with E-state index in [4.69, 9.17) is 5.73 Å². The summed E-state index contributed by atoms with van der Waals surface area (Å²) in [6, 6.07) is 1.73. The Kier molecular flexibility index (Phi) is 5.03. The van der Waals surface area contributed by atoms with E-state index in [0.29, 0.717) is 18.1 Å². The summed E-state index contributed by atoms with van der Waals surface area (Å²) in [7, 11) is 2.23. The van der Waals surface area contributed by atoms with Gasteiger partial charge in [-0.05, 0) is 40.3 Å². The highest BCUT2D eigenvalue weighted by Crippen LogP contribution is 2.13. The van der Waals surface area contributed by atoms with Crippen LogP contribution in [0.5, 0.6) is 0 Å². The highest BCUT2D eigenvalue weighted by molar-refractivity contribution is 4.82. The fourth-order valence-corrected chi connectivity index (χ4v) is 2.25. The zero-order valence-corrected chi connectivity index (χ0v) is 10.7. The Morgan fingerprint density at radius 1 is 1.27 bits per heavy atom. The molecule has 1 heterocycles. The molecule has 3 unspecified atom stereocenters. The van der Waals surface area contributed by atoms with Crippen LogP contribution in [0.25, 0.3) is 0 Å². The number of piperazine rings is 1. The molecule has 3 heteroatoms.